The van der Waals surface area contributed by atoms with E-state index < -0.39 is 23.3 Å². The molecule has 18 heavy (non-hydrogen) atoms. The molecule has 0 saturated carbocycles. The van der Waals surface area contributed by atoms with Crippen molar-refractivity contribution in [2.75, 3.05) is 14.2 Å². The molecule has 4 nitrogen and oxygen atoms in total. The van der Waals surface area contributed by atoms with Crippen LogP contribution in [0.15, 0.2) is 0 Å². The molecule has 4 heteroatoms. The lowest BCUT2D eigenvalue weighted by molar-refractivity contribution is -0.164. The number of ether oxygens (including phenoxy) is 2. The van der Waals surface area contributed by atoms with Gasteiger partial charge in [-0.15, -0.1) is 0 Å². The Morgan fingerprint density at radius 3 is 1.89 bits per heavy atom. The molecule has 0 atom stereocenters. The smallest absolute Gasteiger partial charge is 0.320 e. The standard InChI is InChI=1S/C14H26O4/c1-6-7-8-9-10-14(2,3)11(12(15)17-4)13(16)18-5/h11H,6-10H2,1-5H3. The van der Waals surface area contributed by atoms with Gasteiger partial charge in [-0.2, -0.15) is 0 Å². The maximum atomic E-state index is 11.7. The number of hydrogen-bond acceptors (Lipinski definition) is 4. The third kappa shape index (κ3) is 5.07. The predicted octanol–water partition coefficient (Wildman–Crippen LogP) is 2.95. The minimum Gasteiger partial charge on any atom is -0.468 e. The van der Waals surface area contributed by atoms with E-state index in [2.05, 4.69) is 6.92 Å². The summed E-state index contributed by atoms with van der Waals surface area (Å²) in [6, 6.07) is 0. The van der Waals surface area contributed by atoms with E-state index in [0.717, 1.165) is 25.7 Å². The van der Waals surface area contributed by atoms with Crippen LogP contribution in [0.5, 0.6) is 0 Å². The van der Waals surface area contributed by atoms with E-state index in [1.54, 1.807) is 0 Å². The largest absolute Gasteiger partial charge is 0.468 e. The number of rotatable bonds is 8. The second-order valence-corrected chi connectivity index (χ2v) is 5.28. The lowest BCUT2D eigenvalue weighted by atomic mass is 9.75. The monoisotopic (exact) mass is 258 g/mol. The van der Waals surface area contributed by atoms with E-state index in [1.165, 1.54) is 20.6 Å². The molecule has 0 aliphatic heterocycles. The van der Waals surface area contributed by atoms with Gasteiger partial charge in [-0.3, -0.25) is 9.59 Å². The Hall–Kier alpha value is -1.06. The maximum absolute atomic E-state index is 11.7. The van der Waals surface area contributed by atoms with Crippen LogP contribution in [-0.2, 0) is 19.1 Å². The normalized spacial score (nSPS) is 11.4. The fourth-order valence-corrected chi connectivity index (χ4v) is 2.12. The Morgan fingerprint density at radius 2 is 1.50 bits per heavy atom. The van der Waals surface area contributed by atoms with Crippen molar-refractivity contribution in [3.63, 3.8) is 0 Å². The molecule has 0 radical (unpaired) electrons. The van der Waals surface area contributed by atoms with Crippen molar-refractivity contribution in [1.29, 1.82) is 0 Å². The van der Waals surface area contributed by atoms with Crippen molar-refractivity contribution in [2.24, 2.45) is 11.3 Å². The SMILES string of the molecule is CCCCCCC(C)(C)C(C(=O)OC)C(=O)OC. The molecular weight excluding hydrogens is 232 g/mol. The number of esters is 2. The zero-order valence-corrected chi connectivity index (χ0v) is 12.2. The molecule has 106 valence electrons. The molecule has 0 aromatic carbocycles. The van der Waals surface area contributed by atoms with Gasteiger partial charge in [0.25, 0.3) is 0 Å². The van der Waals surface area contributed by atoms with Crippen LogP contribution in [0.25, 0.3) is 0 Å². The Bertz CT molecular complexity index is 255. The third-order valence-electron chi connectivity index (χ3n) is 3.33. The quantitative estimate of drug-likeness (QED) is 0.381. The zero-order chi connectivity index (χ0) is 14.2. The zero-order valence-electron chi connectivity index (χ0n) is 12.2. The van der Waals surface area contributed by atoms with Gasteiger partial charge in [0.2, 0.25) is 0 Å². The highest BCUT2D eigenvalue weighted by molar-refractivity contribution is 5.95. The Labute approximate surface area is 110 Å². The average molecular weight is 258 g/mol. The molecule has 0 saturated heterocycles. The summed E-state index contributed by atoms with van der Waals surface area (Å²) in [5, 5.41) is 0. The van der Waals surface area contributed by atoms with Crippen LogP contribution < -0.4 is 0 Å². The van der Waals surface area contributed by atoms with Crippen LogP contribution in [0.2, 0.25) is 0 Å². The molecule has 0 N–H and O–H groups in total. The average Bonchev–Trinajstić information content (AvgIpc) is 2.34. The van der Waals surface area contributed by atoms with Gasteiger partial charge in [0.1, 0.15) is 0 Å². The molecule has 0 unspecified atom stereocenters. The lowest BCUT2D eigenvalue weighted by Crippen LogP contribution is -2.39. The first-order valence-electron chi connectivity index (χ1n) is 6.56. The van der Waals surface area contributed by atoms with Gasteiger partial charge in [-0.1, -0.05) is 46.5 Å². The predicted molar refractivity (Wildman–Crippen MR) is 70.1 cm³/mol. The lowest BCUT2D eigenvalue weighted by Gasteiger charge is -2.30. The minimum atomic E-state index is -0.839. The van der Waals surface area contributed by atoms with Crippen molar-refractivity contribution in [3.05, 3.63) is 0 Å². The van der Waals surface area contributed by atoms with E-state index in [9.17, 15) is 9.59 Å². The van der Waals surface area contributed by atoms with Crippen molar-refractivity contribution < 1.29 is 19.1 Å². The van der Waals surface area contributed by atoms with Crippen LogP contribution in [0, 0.1) is 11.3 Å². The highest BCUT2D eigenvalue weighted by Crippen LogP contribution is 2.34. The molecule has 0 aliphatic carbocycles. The van der Waals surface area contributed by atoms with Crippen LogP contribution in [0.4, 0.5) is 0 Å². The van der Waals surface area contributed by atoms with Gasteiger partial charge in [0, 0.05) is 0 Å². The van der Waals surface area contributed by atoms with Crippen molar-refractivity contribution >= 4 is 11.9 Å². The number of carbonyl (C=O) groups is 2. The first kappa shape index (κ1) is 16.9. The van der Waals surface area contributed by atoms with Gasteiger partial charge >= 0.3 is 11.9 Å². The first-order valence-corrected chi connectivity index (χ1v) is 6.56. The summed E-state index contributed by atoms with van der Waals surface area (Å²) in [7, 11) is 2.59. The van der Waals surface area contributed by atoms with E-state index >= 15 is 0 Å². The van der Waals surface area contributed by atoms with Crippen LogP contribution in [0.3, 0.4) is 0 Å². The molecule has 0 spiro atoms. The van der Waals surface area contributed by atoms with Crippen molar-refractivity contribution in [2.45, 2.75) is 52.9 Å². The molecule has 0 amide bonds. The van der Waals surface area contributed by atoms with Crippen molar-refractivity contribution in [1.82, 2.24) is 0 Å². The van der Waals surface area contributed by atoms with E-state index in [0.29, 0.717) is 0 Å². The summed E-state index contributed by atoms with van der Waals surface area (Å²) in [4.78, 5) is 23.4. The second kappa shape index (κ2) is 8.11. The Balaban J connectivity index is 4.64. The van der Waals surface area contributed by atoms with E-state index in [4.69, 9.17) is 9.47 Å². The summed E-state index contributed by atoms with van der Waals surface area (Å²) in [6.07, 6.45) is 5.28. The van der Waals surface area contributed by atoms with Gasteiger partial charge in [0.05, 0.1) is 14.2 Å². The molecule has 0 rings (SSSR count). The molecule has 0 aliphatic rings. The number of unbranched alkanes of at least 4 members (excludes halogenated alkanes) is 3. The number of hydrogen-bond donors (Lipinski definition) is 0. The second-order valence-electron chi connectivity index (χ2n) is 5.28. The van der Waals surface area contributed by atoms with Crippen LogP contribution in [0.1, 0.15) is 52.9 Å². The van der Waals surface area contributed by atoms with Gasteiger partial charge in [0.15, 0.2) is 5.92 Å². The Kier molecular flexibility index (Phi) is 7.64. The maximum Gasteiger partial charge on any atom is 0.320 e. The molecule has 0 aromatic rings. The highest BCUT2D eigenvalue weighted by atomic mass is 16.5. The first-order chi connectivity index (χ1) is 8.40. The van der Waals surface area contributed by atoms with Gasteiger partial charge < -0.3 is 9.47 Å². The molecule has 0 aromatic heterocycles. The van der Waals surface area contributed by atoms with E-state index in [-0.39, 0.29) is 0 Å². The fourth-order valence-electron chi connectivity index (χ4n) is 2.12. The van der Waals surface area contributed by atoms with Crippen molar-refractivity contribution in [3.8, 4) is 0 Å². The van der Waals surface area contributed by atoms with Gasteiger partial charge in [-0.25, -0.2) is 0 Å². The van der Waals surface area contributed by atoms with Crippen LogP contribution in [-0.4, -0.2) is 26.2 Å². The third-order valence-corrected chi connectivity index (χ3v) is 3.33. The number of methoxy groups -OCH3 is 2. The van der Waals surface area contributed by atoms with E-state index in [1.807, 2.05) is 13.8 Å². The Morgan fingerprint density at radius 1 is 1.00 bits per heavy atom. The summed E-state index contributed by atoms with van der Waals surface area (Å²) < 4.78 is 9.42. The molecule has 0 heterocycles. The molecular formula is C14H26O4. The summed E-state index contributed by atoms with van der Waals surface area (Å²) >= 11 is 0. The summed E-state index contributed by atoms with van der Waals surface area (Å²) in [6.45, 7) is 5.98. The molecule has 0 fully saturated rings. The number of carbonyl (C=O) groups excluding carboxylic acids is 2. The minimum absolute atomic E-state index is 0.437. The molecule has 0 bridgehead atoms. The van der Waals surface area contributed by atoms with Crippen LogP contribution >= 0.6 is 0 Å². The summed E-state index contributed by atoms with van der Waals surface area (Å²) in [5.74, 6) is -1.86. The van der Waals surface area contributed by atoms with Gasteiger partial charge in [-0.05, 0) is 11.8 Å². The topological polar surface area (TPSA) is 52.6 Å². The summed E-state index contributed by atoms with van der Waals surface area (Å²) in [5.41, 5.74) is -0.437. The highest BCUT2D eigenvalue weighted by Gasteiger charge is 2.42. The fraction of sp³-hybridized carbons (Fsp3) is 0.857.